The van der Waals surface area contributed by atoms with Crippen LogP contribution in [0.1, 0.15) is 47.5 Å². The van der Waals surface area contributed by atoms with Gasteiger partial charge in [0.05, 0.1) is 5.37 Å². The van der Waals surface area contributed by atoms with Crippen LogP contribution in [0.15, 0.2) is 0 Å². The van der Waals surface area contributed by atoms with E-state index in [-0.39, 0.29) is 16.8 Å². The van der Waals surface area contributed by atoms with Gasteiger partial charge in [0, 0.05) is 12.3 Å². The number of urea groups is 1. The van der Waals surface area contributed by atoms with Crippen molar-refractivity contribution in [3.63, 3.8) is 0 Å². The minimum Gasteiger partial charge on any atom is -0.480 e. The Labute approximate surface area is 131 Å². The third-order valence-corrected chi connectivity index (χ3v) is 5.76. The second-order valence-electron chi connectivity index (χ2n) is 6.64. The van der Waals surface area contributed by atoms with E-state index in [0.717, 1.165) is 12.8 Å². The van der Waals surface area contributed by atoms with Crippen molar-refractivity contribution in [1.82, 2.24) is 10.2 Å². The van der Waals surface area contributed by atoms with Gasteiger partial charge in [-0.05, 0) is 17.8 Å². The highest BCUT2D eigenvalue weighted by Gasteiger charge is 2.41. The molecule has 0 saturated carbocycles. The molecule has 1 heterocycles. The summed E-state index contributed by atoms with van der Waals surface area (Å²) in [6, 6.07) is -0.965. The van der Waals surface area contributed by atoms with E-state index < -0.39 is 12.0 Å². The van der Waals surface area contributed by atoms with Gasteiger partial charge < -0.3 is 10.4 Å². The van der Waals surface area contributed by atoms with E-state index in [9.17, 15) is 14.7 Å². The van der Waals surface area contributed by atoms with Crippen molar-refractivity contribution in [1.29, 1.82) is 0 Å². The van der Waals surface area contributed by atoms with Crippen molar-refractivity contribution >= 4 is 23.8 Å². The molecule has 0 aliphatic carbocycles. The van der Waals surface area contributed by atoms with Gasteiger partial charge in [0.25, 0.3) is 0 Å². The first-order chi connectivity index (χ1) is 9.70. The van der Waals surface area contributed by atoms with Crippen LogP contribution >= 0.6 is 11.8 Å². The van der Waals surface area contributed by atoms with Gasteiger partial charge in [-0.3, -0.25) is 4.90 Å². The molecule has 21 heavy (non-hydrogen) atoms. The molecule has 0 aromatic rings. The number of rotatable bonds is 6. The highest BCUT2D eigenvalue weighted by molar-refractivity contribution is 8.00. The van der Waals surface area contributed by atoms with Crippen LogP contribution in [0.2, 0.25) is 0 Å². The summed E-state index contributed by atoms with van der Waals surface area (Å²) in [5, 5.41) is 12.2. The van der Waals surface area contributed by atoms with Gasteiger partial charge in [-0.2, -0.15) is 0 Å². The second kappa shape index (κ2) is 7.38. The second-order valence-corrected chi connectivity index (χ2v) is 7.85. The van der Waals surface area contributed by atoms with Crippen molar-refractivity contribution < 1.29 is 14.7 Å². The largest absolute Gasteiger partial charge is 0.480 e. The van der Waals surface area contributed by atoms with E-state index in [1.165, 1.54) is 4.90 Å². The molecule has 0 aromatic heterocycles. The maximum Gasteiger partial charge on any atom is 0.327 e. The van der Waals surface area contributed by atoms with E-state index in [4.69, 9.17) is 0 Å². The predicted octanol–water partition coefficient (Wildman–Crippen LogP) is 3.01. The number of thioether (sulfide) groups is 1. The molecular weight excluding hydrogens is 288 g/mol. The third kappa shape index (κ3) is 4.53. The summed E-state index contributed by atoms with van der Waals surface area (Å²) in [6.07, 6.45) is 1.76. The standard InChI is InChI=1S/C15H28N2O3S/c1-6-7-12-17(11(8-21-12)13(18)19)14(20)16-9-15(4,5)10(2)3/h10-12H,6-9H2,1-5H3,(H,16,20)(H,18,19). The smallest absolute Gasteiger partial charge is 0.327 e. The fourth-order valence-electron chi connectivity index (χ4n) is 2.09. The van der Waals surface area contributed by atoms with E-state index in [0.29, 0.717) is 18.2 Å². The first-order valence-corrected chi connectivity index (χ1v) is 8.66. The fraction of sp³-hybridized carbons (Fsp3) is 0.867. The Morgan fingerprint density at radius 1 is 1.43 bits per heavy atom. The Hall–Kier alpha value is -0.910. The van der Waals surface area contributed by atoms with Crippen molar-refractivity contribution in [2.45, 2.75) is 58.9 Å². The minimum atomic E-state index is -0.917. The molecule has 0 aromatic carbocycles. The molecule has 1 saturated heterocycles. The molecule has 0 bridgehead atoms. The number of aliphatic carboxylic acids is 1. The lowest BCUT2D eigenvalue weighted by molar-refractivity contribution is -0.141. The summed E-state index contributed by atoms with van der Waals surface area (Å²) in [5.74, 6) is -0.00657. The molecule has 1 rings (SSSR count). The van der Waals surface area contributed by atoms with Crippen LogP contribution in [0.25, 0.3) is 0 Å². The van der Waals surface area contributed by atoms with Crippen LogP contribution in [0, 0.1) is 11.3 Å². The molecule has 6 heteroatoms. The Morgan fingerprint density at radius 3 is 2.52 bits per heavy atom. The molecule has 2 atom stereocenters. The summed E-state index contributed by atoms with van der Waals surface area (Å²) in [7, 11) is 0. The molecule has 0 spiro atoms. The first kappa shape index (κ1) is 18.1. The number of carboxylic acids is 1. The summed E-state index contributed by atoms with van der Waals surface area (Å²) in [4.78, 5) is 25.3. The zero-order chi connectivity index (χ0) is 16.2. The van der Waals surface area contributed by atoms with Crippen molar-refractivity contribution in [3.05, 3.63) is 0 Å². The van der Waals surface area contributed by atoms with Gasteiger partial charge >= 0.3 is 12.0 Å². The monoisotopic (exact) mass is 316 g/mol. The quantitative estimate of drug-likeness (QED) is 0.790. The molecule has 1 fully saturated rings. The normalized spacial score (nSPS) is 22.7. The Bertz CT molecular complexity index is 385. The van der Waals surface area contributed by atoms with Crippen LogP contribution in [-0.4, -0.2) is 45.7 Å². The van der Waals surface area contributed by atoms with Gasteiger partial charge in [0.2, 0.25) is 0 Å². The molecule has 0 radical (unpaired) electrons. The lowest BCUT2D eigenvalue weighted by atomic mass is 9.81. The van der Waals surface area contributed by atoms with Crippen LogP contribution < -0.4 is 5.32 Å². The Kier molecular flexibility index (Phi) is 6.38. The van der Waals surface area contributed by atoms with Gasteiger partial charge in [-0.15, -0.1) is 11.8 Å². The van der Waals surface area contributed by atoms with Crippen molar-refractivity contribution in [2.75, 3.05) is 12.3 Å². The Morgan fingerprint density at radius 2 is 2.05 bits per heavy atom. The molecule has 2 amide bonds. The predicted molar refractivity (Wildman–Crippen MR) is 86.4 cm³/mol. The number of nitrogens with zero attached hydrogens (tertiary/aromatic N) is 1. The SMILES string of the molecule is CCCC1SCC(C(=O)O)N1C(=O)NCC(C)(C)C(C)C. The number of carboxylic acid groups (broad SMARTS) is 1. The van der Waals surface area contributed by atoms with Gasteiger partial charge in [-0.1, -0.05) is 41.0 Å². The number of carbonyl (C=O) groups excluding carboxylic acids is 1. The molecular formula is C15H28N2O3S. The maximum atomic E-state index is 12.5. The topological polar surface area (TPSA) is 69.6 Å². The number of hydrogen-bond acceptors (Lipinski definition) is 3. The highest BCUT2D eigenvalue weighted by Crippen LogP contribution is 2.32. The lowest BCUT2D eigenvalue weighted by Gasteiger charge is -2.32. The zero-order valence-electron chi connectivity index (χ0n) is 13.7. The van der Waals surface area contributed by atoms with Gasteiger partial charge in [0.15, 0.2) is 0 Å². The molecule has 1 aliphatic rings. The van der Waals surface area contributed by atoms with E-state index in [1.54, 1.807) is 11.8 Å². The number of amides is 2. The number of hydrogen-bond donors (Lipinski definition) is 2. The Balaban J connectivity index is 2.73. The van der Waals surface area contributed by atoms with Gasteiger partial charge in [0.1, 0.15) is 6.04 Å². The summed E-state index contributed by atoms with van der Waals surface area (Å²) in [6.45, 7) is 11.1. The average Bonchev–Trinajstić information content (AvgIpc) is 2.80. The van der Waals surface area contributed by atoms with Crippen LogP contribution in [0.4, 0.5) is 4.79 Å². The summed E-state index contributed by atoms with van der Waals surface area (Å²) >= 11 is 1.56. The lowest BCUT2D eigenvalue weighted by Crippen LogP contribution is -2.52. The summed E-state index contributed by atoms with van der Waals surface area (Å²) in [5.41, 5.74) is -0.0124. The average molecular weight is 316 g/mol. The van der Waals surface area contributed by atoms with Crippen molar-refractivity contribution in [2.24, 2.45) is 11.3 Å². The van der Waals surface area contributed by atoms with E-state index in [1.807, 2.05) is 6.92 Å². The fourth-order valence-corrected chi connectivity index (χ4v) is 3.61. The summed E-state index contributed by atoms with van der Waals surface area (Å²) < 4.78 is 0. The maximum absolute atomic E-state index is 12.5. The van der Waals surface area contributed by atoms with Crippen molar-refractivity contribution in [3.8, 4) is 0 Å². The minimum absolute atomic E-state index is 0.0124. The number of carbonyl (C=O) groups is 2. The van der Waals surface area contributed by atoms with Crippen LogP contribution in [0.3, 0.4) is 0 Å². The third-order valence-electron chi connectivity index (χ3n) is 4.41. The van der Waals surface area contributed by atoms with E-state index >= 15 is 0 Å². The molecule has 2 unspecified atom stereocenters. The molecule has 122 valence electrons. The van der Waals surface area contributed by atoms with Crippen LogP contribution in [0.5, 0.6) is 0 Å². The number of nitrogens with one attached hydrogen (secondary N) is 1. The molecule has 5 nitrogen and oxygen atoms in total. The van der Waals surface area contributed by atoms with Gasteiger partial charge in [-0.25, -0.2) is 9.59 Å². The first-order valence-electron chi connectivity index (χ1n) is 7.61. The molecule has 2 N–H and O–H groups in total. The highest BCUT2D eigenvalue weighted by atomic mass is 32.2. The zero-order valence-corrected chi connectivity index (χ0v) is 14.5. The van der Waals surface area contributed by atoms with Crippen LogP contribution in [-0.2, 0) is 4.79 Å². The van der Waals surface area contributed by atoms with E-state index in [2.05, 4.69) is 33.0 Å². The molecule has 1 aliphatic heterocycles.